The number of nitrogens with zero attached hydrogens (tertiary/aromatic N) is 2. The molecule has 0 radical (unpaired) electrons. The van der Waals surface area contributed by atoms with Crippen LogP contribution in [0.2, 0.25) is 0 Å². The minimum absolute atomic E-state index is 0.0450. The molecule has 0 saturated carbocycles. The van der Waals surface area contributed by atoms with Gasteiger partial charge in [0.2, 0.25) is 5.88 Å². The molecule has 6 heteroatoms. The fourth-order valence-electron chi connectivity index (χ4n) is 1.40. The lowest BCUT2D eigenvalue weighted by Gasteiger charge is -2.07. The molecular formula is C12H9BrN2O3. The van der Waals surface area contributed by atoms with E-state index in [0.717, 1.165) is 4.47 Å². The predicted octanol–water partition coefficient (Wildman–Crippen LogP) is 3.85. The van der Waals surface area contributed by atoms with Gasteiger partial charge in [-0.1, -0.05) is 0 Å². The molecule has 5 nitrogen and oxygen atoms in total. The summed E-state index contributed by atoms with van der Waals surface area (Å²) in [4.78, 5) is 14.2. The second-order valence-electron chi connectivity index (χ2n) is 3.62. The van der Waals surface area contributed by atoms with E-state index >= 15 is 0 Å². The number of nitro groups is 1. The third-order valence-electron chi connectivity index (χ3n) is 2.28. The highest BCUT2D eigenvalue weighted by Crippen LogP contribution is 2.27. The van der Waals surface area contributed by atoms with Gasteiger partial charge in [0.05, 0.1) is 4.92 Å². The molecule has 0 saturated heterocycles. The monoisotopic (exact) mass is 308 g/mol. The number of halogens is 1. The van der Waals surface area contributed by atoms with Crippen molar-refractivity contribution in [1.82, 2.24) is 4.98 Å². The molecule has 2 rings (SSSR count). The fraction of sp³-hybridized carbons (Fsp3) is 0.0833. The Kier molecular flexibility index (Phi) is 3.57. The highest BCUT2D eigenvalue weighted by Gasteiger charge is 2.09. The van der Waals surface area contributed by atoms with Crippen molar-refractivity contribution in [3.05, 3.63) is 56.7 Å². The van der Waals surface area contributed by atoms with Crippen molar-refractivity contribution in [2.45, 2.75) is 6.92 Å². The smallest absolute Gasteiger partial charge is 0.269 e. The number of benzene rings is 1. The van der Waals surface area contributed by atoms with Gasteiger partial charge in [0.25, 0.3) is 5.69 Å². The molecule has 1 aromatic carbocycles. The van der Waals surface area contributed by atoms with E-state index in [1.54, 1.807) is 25.3 Å². The first-order valence-electron chi connectivity index (χ1n) is 5.11. The van der Waals surface area contributed by atoms with Crippen LogP contribution < -0.4 is 4.74 Å². The summed E-state index contributed by atoms with van der Waals surface area (Å²) in [5.41, 5.74) is 0.734. The summed E-state index contributed by atoms with van der Waals surface area (Å²) < 4.78 is 6.40. The molecule has 18 heavy (non-hydrogen) atoms. The van der Waals surface area contributed by atoms with Crippen LogP contribution in [0.3, 0.4) is 0 Å². The number of hydrogen-bond acceptors (Lipinski definition) is 4. The third-order valence-corrected chi connectivity index (χ3v) is 2.75. The van der Waals surface area contributed by atoms with Crippen LogP contribution in [0, 0.1) is 17.0 Å². The zero-order chi connectivity index (χ0) is 13.1. The summed E-state index contributed by atoms with van der Waals surface area (Å²) in [5.74, 6) is 0.991. The molecule has 0 aliphatic rings. The molecule has 92 valence electrons. The van der Waals surface area contributed by atoms with E-state index in [2.05, 4.69) is 20.9 Å². The van der Waals surface area contributed by atoms with E-state index < -0.39 is 4.92 Å². The van der Waals surface area contributed by atoms with Gasteiger partial charge < -0.3 is 4.74 Å². The lowest BCUT2D eigenvalue weighted by atomic mass is 10.2. The van der Waals surface area contributed by atoms with Crippen LogP contribution in [0.15, 0.2) is 41.0 Å². The Bertz CT molecular complexity index is 584. The predicted molar refractivity (Wildman–Crippen MR) is 69.8 cm³/mol. The number of non-ortho nitro benzene ring substituents is 1. The Morgan fingerprint density at radius 2 is 2.11 bits per heavy atom. The van der Waals surface area contributed by atoms with Gasteiger partial charge in [0.15, 0.2) is 0 Å². The van der Waals surface area contributed by atoms with Crippen LogP contribution in [-0.4, -0.2) is 9.91 Å². The molecule has 0 unspecified atom stereocenters. The number of hydrogen-bond donors (Lipinski definition) is 0. The van der Waals surface area contributed by atoms with Crippen LogP contribution in [0.5, 0.6) is 11.6 Å². The second kappa shape index (κ2) is 5.14. The first-order valence-corrected chi connectivity index (χ1v) is 5.90. The standard InChI is InChI=1S/C12H9BrN2O3/c1-8-6-10(15(16)17)3-4-11(8)18-12-5-2-9(13)7-14-12/h2-7H,1H3. The lowest BCUT2D eigenvalue weighted by molar-refractivity contribution is -0.384. The maximum atomic E-state index is 10.6. The average Bonchev–Trinajstić information content (AvgIpc) is 2.34. The average molecular weight is 309 g/mol. The lowest BCUT2D eigenvalue weighted by Crippen LogP contribution is -1.92. The molecule has 0 atom stereocenters. The highest BCUT2D eigenvalue weighted by molar-refractivity contribution is 9.10. The van der Waals surface area contributed by atoms with Gasteiger partial charge in [0.1, 0.15) is 5.75 Å². The zero-order valence-electron chi connectivity index (χ0n) is 9.46. The Morgan fingerprint density at radius 1 is 1.33 bits per heavy atom. The summed E-state index contributed by atoms with van der Waals surface area (Å²) in [6.07, 6.45) is 1.62. The minimum atomic E-state index is -0.436. The molecule has 0 aliphatic heterocycles. The van der Waals surface area contributed by atoms with Crippen molar-refractivity contribution in [3.63, 3.8) is 0 Å². The SMILES string of the molecule is Cc1cc([N+](=O)[O-])ccc1Oc1ccc(Br)cn1. The summed E-state index contributed by atoms with van der Waals surface area (Å²) in [5, 5.41) is 10.6. The van der Waals surface area contributed by atoms with Crippen LogP contribution >= 0.6 is 15.9 Å². The first kappa shape index (κ1) is 12.5. The van der Waals surface area contributed by atoms with E-state index in [1.807, 2.05) is 6.07 Å². The minimum Gasteiger partial charge on any atom is -0.439 e. The quantitative estimate of drug-likeness (QED) is 0.638. The largest absolute Gasteiger partial charge is 0.439 e. The summed E-state index contributed by atoms with van der Waals surface area (Å²) in [6.45, 7) is 1.75. The second-order valence-corrected chi connectivity index (χ2v) is 4.54. The van der Waals surface area contributed by atoms with Gasteiger partial charge in [-0.25, -0.2) is 4.98 Å². The molecule has 0 amide bonds. The van der Waals surface area contributed by atoms with Crippen LogP contribution in [-0.2, 0) is 0 Å². The molecule has 0 N–H and O–H groups in total. The maximum Gasteiger partial charge on any atom is 0.269 e. The number of rotatable bonds is 3. The fourth-order valence-corrected chi connectivity index (χ4v) is 1.63. The number of ether oxygens (including phenoxy) is 1. The zero-order valence-corrected chi connectivity index (χ0v) is 11.0. The van der Waals surface area contributed by atoms with Gasteiger partial charge in [0, 0.05) is 28.9 Å². The van der Waals surface area contributed by atoms with Gasteiger partial charge in [-0.05, 0) is 40.5 Å². The molecule has 0 aliphatic carbocycles. The van der Waals surface area contributed by atoms with Crippen molar-refractivity contribution in [3.8, 4) is 11.6 Å². The van der Waals surface area contributed by atoms with Gasteiger partial charge in [-0.3, -0.25) is 10.1 Å². The molecule has 0 bridgehead atoms. The molecule has 1 aromatic heterocycles. The van der Waals surface area contributed by atoms with Crippen molar-refractivity contribution in [2.75, 3.05) is 0 Å². The van der Waals surface area contributed by atoms with Crippen molar-refractivity contribution < 1.29 is 9.66 Å². The topological polar surface area (TPSA) is 65.3 Å². The Hall–Kier alpha value is -1.95. The number of aromatic nitrogens is 1. The Labute approximate surface area is 112 Å². The highest BCUT2D eigenvalue weighted by atomic mass is 79.9. The van der Waals surface area contributed by atoms with E-state index in [0.29, 0.717) is 17.2 Å². The third kappa shape index (κ3) is 2.84. The molecule has 2 aromatic rings. The van der Waals surface area contributed by atoms with Gasteiger partial charge in [-0.15, -0.1) is 0 Å². The van der Waals surface area contributed by atoms with Crippen LogP contribution in [0.25, 0.3) is 0 Å². The van der Waals surface area contributed by atoms with Crippen molar-refractivity contribution in [2.24, 2.45) is 0 Å². The molecule has 0 fully saturated rings. The molecule has 1 heterocycles. The van der Waals surface area contributed by atoms with Crippen molar-refractivity contribution >= 4 is 21.6 Å². The summed E-state index contributed by atoms with van der Waals surface area (Å²) in [7, 11) is 0. The molecular weight excluding hydrogens is 300 g/mol. The Balaban J connectivity index is 2.24. The van der Waals surface area contributed by atoms with E-state index in [4.69, 9.17) is 4.74 Å². The van der Waals surface area contributed by atoms with E-state index in [-0.39, 0.29) is 5.69 Å². The van der Waals surface area contributed by atoms with Crippen LogP contribution in [0.4, 0.5) is 5.69 Å². The summed E-state index contributed by atoms with van der Waals surface area (Å²) >= 11 is 3.28. The first-order chi connectivity index (χ1) is 8.56. The number of nitro benzene ring substituents is 1. The number of aryl methyl sites for hydroxylation is 1. The Morgan fingerprint density at radius 3 is 2.67 bits per heavy atom. The van der Waals surface area contributed by atoms with Crippen molar-refractivity contribution in [1.29, 1.82) is 0 Å². The van der Waals surface area contributed by atoms with Gasteiger partial charge in [-0.2, -0.15) is 0 Å². The van der Waals surface area contributed by atoms with Gasteiger partial charge >= 0.3 is 0 Å². The van der Waals surface area contributed by atoms with E-state index in [1.165, 1.54) is 12.1 Å². The molecule has 0 spiro atoms. The van der Waals surface area contributed by atoms with Crippen LogP contribution in [0.1, 0.15) is 5.56 Å². The van der Waals surface area contributed by atoms with E-state index in [9.17, 15) is 10.1 Å². The maximum absolute atomic E-state index is 10.6. The normalized spacial score (nSPS) is 10.1. The number of pyridine rings is 1. The summed E-state index contributed by atoms with van der Waals surface area (Å²) in [6, 6.07) is 7.96.